The van der Waals surface area contributed by atoms with Crippen molar-refractivity contribution in [3.8, 4) is 6.07 Å². The van der Waals surface area contributed by atoms with Crippen molar-refractivity contribution < 1.29 is 0 Å². The SMILES string of the molecule is CSc1nc(CN2Cc3[nH]cnc3C(c3cnn(C)c3)C2)ccc1C#N. The number of fused-ring (bicyclic) bond motifs is 1. The second-order valence-corrected chi connectivity index (χ2v) is 7.20. The molecule has 0 aliphatic carbocycles. The summed E-state index contributed by atoms with van der Waals surface area (Å²) in [6.45, 7) is 2.40. The summed E-state index contributed by atoms with van der Waals surface area (Å²) in [5.41, 5.74) is 5.02. The van der Waals surface area contributed by atoms with E-state index in [1.54, 1.807) is 6.33 Å². The fourth-order valence-corrected chi connectivity index (χ4v) is 3.97. The predicted octanol–water partition coefficient (Wildman–Crippen LogP) is 2.28. The third kappa shape index (κ3) is 3.11. The number of aromatic nitrogens is 5. The molecule has 4 heterocycles. The van der Waals surface area contributed by atoms with Gasteiger partial charge in [0.2, 0.25) is 0 Å². The average Bonchev–Trinajstić information content (AvgIpc) is 3.29. The summed E-state index contributed by atoms with van der Waals surface area (Å²) in [4.78, 5) is 14.8. The van der Waals surface area contributed by atoms with E-state index in [-0.39, 0.29) is 5.92 Å². The topological polar surface area (TPSA) is 86.4 Å². The Morgan fingerprint density at radius 2 is 2.31 bits per heavy atom. The van der Waals surface area contributed by atoms with Gasteiger partial charge in [0.25, 0.3) is 0 Å². The van der Waals surface area contributed by atoms with Gasteiger partial charge < -0.3 is 4.98 Å². The molecule has 0 saturated heterocycles. The number of hydrogen-bond acceptors (Lipinski definition) is 6. The highest BCUT2D eigenvalue weighted by atomic mass is 32.2. The van der Waals surface area contributed by atoms with Crippen LogP contribution in [-0.2, 0) is 20.1 Å². The highest BCUT2D eigenvalue weighted by molar-refractivity contribution is 7.98. The zero-order valence-electron chi connectivity index (χ0n) is 14.7. The lowest BCUT2D eigenvalue weighted by Gasteiger charge is -2.31. The van der Waals surface area contributed by atoms with E-state index in [1.165, 1.54) is 17.3 Å². The fraction of sp³-hybridized carbons (Fsp3) is 0.333. The summed E-state index contributed by atoms with van der Waals surface area (Å²) in [5.74, 6) is 0.192. The van der Waals surface area contributed by atoms with Gasteiger partial charge in [-0.25, -0.2) is 9.97 Å². The van der Waals surface area contributed by atoms with E-state index in [0.29, 0.717) is 5.56 Å². The number of pyridine rings is 1. The molecule has 0 fully saturated rings. The first-order chi connectivity index (χ1) is 12.7. The molecular formula is C18H19N7S. The van der Waals surface area contributed by atoms with Gasteiger partial charge in [-0.2, -0.15) is 10.4 Å². The minimum atomic E-state index is 0.192. The largest absolute Gasteiger partial charge is 0.347 e. The Morgan fingerprint density at radius 3 is 3.04 bits per heavy atom. The molecule has 8 heteroatoms. The van der Waals surface area contributed by atoms with Crippen LogP contribution in [0.15, 0.2) is 35.9 Å². The van der Waals surface area contributed by atoms with Crippen LogP contribution in [0.4, 0.5) is 0 Å². The van der Waals surface area contributed by atoms with Crippen LogP contribution in [-0.4, -0.2) is 42.4 Å². The monoisotopic (exact) mass is 365 g/mol. The van der Waals surface area contributed by atoms with Crippen LogP contribution in [0, 0.1) is 11.3 Å². The van der Waals surface area contributed by atoms with Gasteiger partial charge in [0.15, 0.2) is 0 Å². The van der Waals surface area contributed by atoms with Gasteiger partial charge in [0, 0.05) is 44.4 Å². The second-order valence-electron chi connectivity index (χ2n) is 6.41. The van der Waals surface area contributed by atoms with Gasteiger partial charge in [0.05, 0.1) is 35.2 Å². The molecule has 4 rings (SSSR count). The summed E-state index contributed by atoms with van der Waals surface area (Å²) < 4.78 is 1.83. The summed E-state index contributed by atoms with van der Waals surface area (Å²) in [7, 11) is 1.93. The standard InChI is InChI=1S/C18H19N7S/c1-24-7-13(6-22-24)15-9-25(10-16-17(15)21-11-20-16)8-14-4-3-12(5-19)18(23-14)26-2/h3-4,6-7,11,15H,8-10H2,1-2H3,(H,20,21). The van der Waals surface area contributed by atoms with Crippen molar-refractivity contribution in [2.24, 2.45) is 7.05 Å². The Bertz CT molecular complexity index is 968. The first-order valence-corrected chi connectivity index (χ1v) is 9.57. The molecule has 132 valence electrons. The Labute approximate surface area is 156 Å². The molecule has 0 saturated carbocycles. The number of imidazole rings is 1. The molecule has 1 atom stereocenters. The maximum absolute atomic E-state index is 9.18. The molecule has 0 radical (unpaired) electrons. The quantitative estimate of drug-likeness (QED) is 0.714. The lowest BCUT2D eigenvalue weighted by atomic mass is 9.93. The molecule has 3 aromatic rings. The molecule has 1 aliphatic rings. The molecule has 26 heavy (non-hydrogen) atoms. The van der Waals surface area contributed by atoms with Crippen LogP contribution in [0.3, 0.4) is 0 Å². The van der Waals surface area contributed by atoms with Crippen LogP contribution in [0.25, 0.3) is 0 Å². The van der Waals surface area contributed by atoms with Gasteiger partial charge in [-0.3, -0.25) is 9.58 Å². The Balaban J connectivity index is 1.60. The zero-order valence-corrected chi connectivity index (χ0v) is 15.5. The Kier molecular flexibility index (Phi) is 4.49. The van der Waals surface area contributed by atoms with E-state index < -0.39 is 0 Å². The van der Waals surface area contributed by atoms with E-state index in [2.05, 4.69) is 37.2 Å². The summed E-state index contributed by atoms with van der Waals surface area (Å²) in [5, 5.41) is 14.3. The second kappa shape index (κ2) is 6.94. The summed E-state index contributed by atoms with van der Waals surface area (Å²) >= 11 is 1.51. The summed E-state index contributed by atoms with van der Waals surface area (Å²) in [6.07, 6.45) is 7.68. The van der Waals surface area contributed by atoms with Crippen molar-refractivity contribution in [3.63, 3.8) is 0 Å². The minimum Gasteiger partial charge on any atom is -0.347 e. The van der Waals surface area contributed by atoms with Gasteiger partial charge in [-0.1, -0.05) is 0 Å². The first kappa shape index (κ1) is 16.8. The van der Waals surface area contributed by atoms with Gasteiger partial charge in [0.1, 0.15) is 11.1 Å². The first-order valence-electron chi connectivity index (χ1n) is 8.35. The van der Waals surface area contributed by atoms with Gasteiger partial charge >= 0.3 is 0 Å². The van der Waals surface area contributed by atoms with E-state index >= 15 is 0 Å². The number of rotatable bonds is 4. The molecule has 0 amide bonds. The van der Waals surface area contributed by atoms with Crippen molar-refractivity contribution in [1.82, 2.24) is 29.6 Å². The lowest BCUT2D eigenvalue weighted by Crippen LogP contribution is -2.34. The van der Waals surface area contributed by atoms with Crippen LogP contribution >= 0.6 is 11.8 Å². The van der Waals surface area contributed by atoms with E-state index in [0.717, 1.165) is 41.7 Å². The number of thioether (sulfide) groups is 1. The number of H-pyrrole nitrogens is 1. The van der Waals surface area contributed by atoms with E-state index in [4.69, 9.17) is 0 Å². The number of nitriles is 1. The molecule has 7 nitrogen and oxygen atoms in total. The zero-order chi connectivity index (χ0) is 18.1. The molecule has 0 spiro atoms. The Morgan fingerprint density at radius 1 is 1.42 bits per heavy atom. The molecule has 0 aromatic carbocycles. The number of aryl methyl sites for hydroxylation is 1. The number of aromatic amines is 1. The van der Waals surface area contributed by atoms with Crippen molar-refractivity contribution >= 4 is 11.8 Å². The molecular weight excluding hydrogens is 346 g/mol. The third-order valence-electron chi connectivity index (χ3n) is 4.65. The average molecular weight is 365 g/mol. The summed E-state index contributed by atoms with van der Waals surface area (Å²) in [6, 6.07) is 6.00. The fourth-order valence-electron chi connectivity index (χ4n) is 3.43. The van der Waals surface area contributed by atoms with E-state index in [1.807, 2.05) is 36.3 Å². The van der Waals surface area contributed by atoms with Crippen LogP contribution in [0.2, 0.25) is 0 Å². The van der Waals surface area contributed by atoms with Crippen molar-refractivity contribution in [1.29, 1.82) is 5.26 Å². The number of nitrogens with zero attached hydrogens (tertiary/aromatic N) is 6. The highest BCUT2D eigenvalue weighted by Crippen LogP contribution is 2.32. The third-order valence-corrected chi connectivity index (χ3v) is 5.35. The minimum absolute atomic E-state index is 0.192. The maximum Gasteiger partial charge on any atom is 0.114 e. The van der Waals surface area contributed by atoms with Crippen LogP contribution < -0.4 is 0 Å². The molecule has 0 bridgehead atoms. The van der Waals surface area contributed by atoms with Crippen molar-refractivity contribution in [3.05, 3.63) is 59.1 Å². The normalized spacial score (nSPS) is 17.0. The van der Waals surface area contributed by atoms with Crippen LogP contribution in [0.1, 0.15) is 34.1 Å². The van der Waals surface area contributed by atoms with Crippen molar-refractivity contribution in [2.75, 3.05) is 12.8 Å². The van der Waals surface area contributed by atoms with E-state index in [9.17, 15) is 5.26 Å². The number of hydrogen-bond donors (Lipinski definition) is 1. The van der Waals surface area contributed by atoms with Crippen LogP contribution in [0.5, 0.6) is 0 Å². The number of nitrogens with one attached hydrogen (secondary N) is 1. The Hall–Kier alpha value is -2.63. The van der Waals surface area contributed by atoms with Gasteiger partial charge in [-0.15, -0.1) is 11.8 Å². The maximum atomic E-state index is 9.18. The molecule has 1 unspecified atom stereocenters. The smallest absolute Gasteiger partial charge is 0.114 e. The highest BCUT2D eigenvalue weighted by Gasteiger charge is 2.30. The van der Waals surface area contributed by atoms with Gasteiger partial charge in [-0.05, 0) is 18.4 Å². The molecule has 1 aliphatic heterocycles. The molecule has 1 N–H and O–H groups in total. The van der Waals surface area contributed by atoms with Crippen molar-refractivity contribution in [2.45, 2.75) is 24.0 Å². The lowest BCUT2D eigenvalue weighted by molar-refractivity contribution is 0.225. The predicted molar refractivity (Wildman–Crippen MR) is 98.5 cm³/mol. The molecule has 3 aromatic heterocycles.